The van der Waals surface area contributed by atoms with Gasteiger partial charge in [-0.2, -0.15) is 35.1 Å². The van der Waals surface area contributed by atoms with Crippen molar-refractivity contribution >= 4 is 17.8 Å². The van der Waals surface area contributed by atoms with Gasteiger partial charge in [0.05, 0.1) is 12.1 Å². The summed E-state index contributed by atoms with van der Waals surface area (Å²) in [5.41, 5.74) is -0.232. The number of halogens is 8. The van der Waals surface area contributed by atoms with Crippen LogP contribution in [0.15, 0.2) is 18.5 Å². The fourth-order valence-electron chi connectivity index (χ4n) is 1.25. The van der Waals surface area contributed by atoms with E-state index in [4.69, 9.17) is 15.0 Å². The number of nitrogens with zero attached hydrogens (tertiary/aromatic N) is 2. The molecule has 0 saturated heterocycles. The summed E-state index contributed by atoms with van der Waals surface area (Å²) in [5.74, 6) is -10.0. The molecule has 0 aliphatic heterocycles. The third kappa shape index (κ3) is 9.61. The molecular formula is C13H12F8N3O5+. The fraction of sp³-hybridized carbons (Fsp3) is 0.462. The third-order valence-electron chi connectivity index (χ3n) is 2.72. The molecule has 1 rings (SSSR count). The van der Waals surface area contributed by atoms with E-state index in [9.17, 15) is 44.7 Å². The summed E-state index contributed by atoms with van der Waals surface area (Å²) in [6, 6.07) is 1.12. The molecule has 0 aromatic carbocycles. The molecule has 164 valence electrons. The second kappa shape index (κ2) is 9.92. The van der Waals surface area contributed by atoms with Crippen molar-refractivity contribution < 1.29 is 64.4 Å². The summed E-state index contributed by atoms with van der Waals surface area (Å²) in [6.45, 7) is -1.87. The first-order chi connectivity index (χ1) is 13.0. The first kappa shape index (κ1) is 25.9. The van der Waals surface area contributed by atoms with Gasteiger partial charge < -0.3 is 15.5 Å². The molecule has 0 aliphatic carbocycles. The SMILES string of the molecule is O=C(O)C(F)(F)F.O=C(O)CC[n+]1ccc(C(=O)NCC(F)(F)C(F)(F)F)cn1. The number of carbonyl (C=O) groups excluding carboxylic acids is 1. The zero-order valence-corrected chi connectivity index (χ0v) is 13.9. The summed E-state index contributed by atoms with van der Waals surface area (Å²) in [5, 5.41) is 20.7. The van der Waals surface area contributed by atoms with Crippen LogP contribution in [-0.2, 0) is 16.1 Å². The van der Waals surface area contributed by atoms with Crippen molar-refractivity contribution in [2.45, 2.75) is 31.2 Å². The van der Waals surface area contributed by atoms with Gasteiger partial charge in [-0.1, -0.05) is 4.68 Å². The van der Waals surface area contributed by atoms with Crippen molar-refractivity contribution in [2.24, 2.45) is 0 Å². The summed E-state index contributed by atoms with van der Waals surface area (Å²) < 4.78 is 93.9. The molecule has 8 nitrogen and oxygen atoms in total. The number of carboxylic acid groups (broad SMARTS) is 2. The van der Waals surface area contributed by atoms with E-state index in [0.717, 1.165) is 12.3 Å². The van der Waals surface area contributed by atoms with Crippen LogP contribution in [0.2, 0.25) is 0 Å². The second-order valence-corrected chi connectivity index (χ2v) is 5.01. The zero-order valence-electron chi connectivity index (χ0n) is 13.9. The normalized spacial score (nSPS) is 11.9. The maximum absolute atomic E-state index is 12.6. The molecule has 3 N–H and O–H groups in total. The van der Waals surface area contributed by atoms with Gasteiger partial charge in [-0.05, 0) is 5.10 Å². The number of hydrogen-bond donors (Lipinski definition) is 3. The molecule has 0 saturated carbocycles. The fourth-order valence-corrected chi connectivity index (χ4v) is 1.25. The smallest absolute Gasteiger partial charge is 0.481 e. The van der Waals surface area contributed by atoms with Gasteiger partial charge in [-0.25, -0.2) is 4.79 Å². The highest BCUT2D eigenvalue weighted by Gasteiger charge is 2.57. The van der Waals surface area contributed by atoms with Gasteiger partial charge >= 0.3 is 30.2 Å². The Labute approximate surface area is 155 Å². The summed E-state index contributed by atoms with van der Waals surface area (Å²) in [6.07, 6.45) is -8.92. The molecule has 0 fully saturated rings. The molecule has 0 unspecified atom stereocenters. The lowest BCUT2D eigenvalue weighted by Gasteiger charge is -2.19. The summed E-state index contributed by atoms with van der Waals surface area (Å²) >= 11 is 0. The molecule has 0 atom stereocenters. The first-order valence-electron chi connectivity index (χ1n) is 7.08. The minimum absolute atomic E-state index is 0.0172. The van der Waals surface area contributed by atoms with Crippen molar-refractivity contribution in [3.05, 3.63) is 24.0 Å². The lowest BCUT2D eigenvalue weighted by molar-refractivity contribution is -0.753. The van der Waals surface area contributed by atoms with Gasteiger partial charge in [0.25, 0.3) is 5.91 Å². The van der Waals surface area contributed by atoms with Crippen molar-refractivity contribution in [3.63, 3.8) is 0 Å². The van der Waals surface area contributed by atoms with Crippen LogP contribution in [0, 0.1) is 0 Å². The zero-order chi connectivity index (χ0) is 23.0. The number of aliphatic carboxylic acids is 2. The van der Waals surface area contributed by atoms with Crippen LogP contribution in [0.5, 0.6) is 0 Å². The minimum atomic E-state index is -5.75. The van der Waals surface area contributed by atoms with E-state index in [1.807, 2.05) is 0 Å². The predicted octanol–water partition coefficient (Wildman–Crippen LogP) is 1.40. The van der Waals surface area contributed by atoms with Crippen LogP contribution in [-0.4, -0.2) is 58.0 Å². The first-order valence-corrected chi connectivity index (χ1v) is 7.08. The average molecular weight is 442 g/mol. The van der Waals surface area contributed by atoms with Crippen LogP contribution in [0.25, 0.3) is 0 Å². The standard InChI is InChI=1S/C11H10F5N3O3.C2HF3O2/c12-10(13,11(14,15)16)6-17-9(22)7-1-3-19(18-5-7)4-2-8(20)21;3-2(4,5)1(6)7/h1,3,5H,2,4,6H2,(H-,17,20,21,22);(H,6,7)/p+1. The topological polar surface area (TPSA) is 120 Å². The number of amides is 1. The van der Waals surface area contributed by atoms with E-state index in [0.29, 0.717) is 0 Å². The Balaban J connectivity index is 0.000000956. The van der Waals surface area contributed by atoms with Gasteiger partial charge in [-0.15, -0.1) is 0 Å². The van der Waals surface area contributed by atoms with Gasteiger partial charge in [0.15, 0.2) is 12.7 Å². The Morgan fingerprint density at radius 3 is 1.90 bits per heavy atom. The Kier molecular flexibility index (Phi) is 8.87. The van der Waals surface area contributed by atoms with E-state index in [1.165, 1.54) is 16.2 Å². The quantitative estimate of drug-likeness (QED) is 0.453. The number of alkyl halides is 8. The second-order valence-electron chi connectivity index (χ2n) is 5.01. The number of rotatable bonds is 6. The maximum Gasteiger partial charge on any atom is 0.490 e. The Hall–Kier alpha value is -3.07. The largest absolute Gasteiger partial charge is 0.490 e. The third-order valence-corrected chi connectivity index (χ3v) is 2.72. The Morgan fingerprint density at radius 2 is 1.55 bits per heavy atom. The highest BCUT2D eigenvalue weighted by atomic mass is 19.4. The van der Waals surface area contributed by atoms with Gasteiger partial charge in [0.2, 0.25) is 0 Å². The van der Waals surface area contributed by atoms with Crippen molar-refractivity contribution in [1.29, 1.82) is 0 Å². The van der Waals surface area contributed by atoms with Crippen LogP contribution < -0.4 is 10.00 Å². The van der Waals surface area contributed by atoms with E-state index in [2.05, 4.69) is 5.10 Å². The van der Waals surface area contributed by atoms with Crippen molar-refractivity contribution in [1.82, 2.24) is 10.4 Å². The number of carboxylic acids is 2. The number of aryl methyl sites for hydroxylation is 1. The number of hydrogen-bond acceptors (Lipinski definition) is 4. The summed E-state index contributed by atoms with van der Waals surface area (Å²) in [4.78, 5) is 30.7. The Bertz CT molecular complexity index is 719. The highest BCUT2D eigenvalue weighted by molar-refractivity contribution is 5.93. The van der Waals surface area contributed by atoms with Crippen molar-refractivity contribution in [3.8, 4) is 0 Å². The lowest BCUT2D eigenvalue weighted by Crippen LogP contribution is -2.47. The van der Waals surface area contributed by atoms with Crippen LogP contribution >= 0.6 is 0 Å². The number of nitrogens with one attached hydrogen (secondary N) is 1. The van der Waals surface area contributed by atoms with E-state index >= 15 is 0 Å². The molecule has 0 spiro atoms. The van der Waals surface area contributed by atoms with E-state index in [-0.39, 0.29) is 18.5 Å². The molecule has 0 aliphatic rings. The molecule has 1 aromatic rings. The molecule has 29 heavy (non-hydrogen) atoms. The molecule has 0 bridgehead atoms. The molecular weight excluding hydrogens is 430 g/mol. The van der Waals surface area contributed by atoms with Gasteiger partial charge in [0.1, 0.15) is 12.6 Å². The van der Waals surface area contributed by atoms with Gasteiger partial charge in [0, 0.05) is 6.07 Å². The number of aromatic nitrogens is 2. The molecule has 16 heteroatoms. The summed E-state index contributed by atoms with van der Waals surface area (Å²) in [7, 11) is 0. The molecule has 1 heterocycles. The van der Waals surface area contributed by atoms with Gasteiger partial charge in [-0.3, -0.25) is 9.59 Å². The van der Waals surface area contributed by atoms with Crippen LogP contribution in [0.3, 0.4) is 0 Å². The monoisotopic (exact) mass is 442 g/mol. The minimum Gasteiger partial charge on any atom is -0.481 e. The van der Waals surface area contributed by atoms with E-state index in [1.54, 1.807) is 0 Å². The predicted molar refractivity (Wildman–Crippen MR) is 73.7 cm³/mol. The van der Waals surface area contributed by atoms with Crippen LogP contribution in [0.4, 0.5) is 35.1 Å². The van der Waals surface area contributed by atoms with Crippen molar-refractivity contribution in [2.75, 3.05) is 6.54 Å². The molecule has 1 aromatic heterocycles. The average Bonchev–Trinajstić information content (AvgIpc) is 2.57. The Morgan fingerprint density at radius 1 is 1.03 bits per heavy atom. The van der Waals surface area contributed by atoms with E-state index < -0.39 is 42.7 Å². The molecule has 0 radical (unpaired) electrons. The molecule has 1 amide bonds. The van der Waals surface area contributed by atoms with Crippen LogP contribution in [0.1, 0.15) is 16.8 Å². The lowest BCUT2D eigenvalue weighted by atomic mass is 10.2. The number of carbonyl (C=O) groups is 3. The highest BCUT2D eigenvalue weighted by Crippen LogP contribution is 2.34. The maximum atomic E-state index is 12.6.